The van der Waals surface area contributed by atoms with Gasteiger partial charge in [-0.15, -0.1) is 0 Å². The van der Waals surface area contributed by atoms with Gasteiger partial charge in [-0.1, -0.05) is 91.0 Å². The lowest BCUT2D eigenvalue weighted by Gasteiger charge is -2.23. The number of amides is 1. The number of carboxylic acid groups (broad SMARTS) is 1. The number of carboxylic acids is 1. The first-order valence-corrected chi connectivity index (χ1v) is 14.8. The summed E-state index contributed by atoms with van der Waals surface area (Å²) in [6, 6.07) is 42.0. The van der Waals surface area contributed by atoms with Crippen molar-refractivity contribution in [3.8, 4) is 17.2 Å². The maximum atomic E-state index is 13.6. The van der Waals surface area contributed by atoms with Gasteiger partial charge in [0.1, 0.15) is 37.1 Å². The van der Waals surface area contributed by atoms with Crippen LogP contribution >= 0.6 is 0 Å². The maximum absolute atomic E-state index is 13.6. The Morgan fingerprint density at radius 3 is 1.69 bits per heavy atom. The molecule has 228 valence electrons. The number of hydrogen-bond acceptors (Lipinski definition) is 5. The lowest BCUT2D eigenvalue weighted by atomic mass is 10.1. The first-order valence-electron chi connectivity index (χ1n) is 14.8. The predicted octanol–water partition coefficient (Wildman–Crippen LogP) is 7.54. The van der Waals surface area contributed by atoms with Crippen LogP contribution in [0, 0.1) is 0 Å². The van der Waals surface area contributed by atoms with E-state index in [1.807, 2.05) is 109 Å². The number of carbonyl (C=O) groups is 2. The van der Waals surface area contributed by atoms with Crippen molar-refractivity contribution in [2.24, 2.45) is 0 Å². The van der Waals surface area contributed by atoms with Gasteiger partial charge < -0.3 is 24.2 Å². The molecule has 5 aromatic carbocycles. The first-order chi connectivity index (χ1) is 22.0. The van der Waals surface area contributed by atoms with E-state index in [4.69, 9.17) is 14.2 Å². The van der Waals surface area contributed by atoms with Crippen molar-refractivity contribution in [3.05, 3.63) is 161 Å². The van der Waals surface area contributed by atoms with Crippen LogP contribution in [0.2, 0.25) is 0 Å². The SMILES string of the molecule is O=C(O)CCN(Cc1ccc(OCc2ccccc2)cc1)C(=O)c1cccc(OCc2cccc(OCc3ccccc3)c2)c1. The van der Waals surface area contributed by atoms with Gasteiger partial charge >= 0.3 is 5.97 Å². The highest BCUT2D eigenvalue weighted by atomic mass is 16.5. The van der Waals surface area contributed by atoms with Crippen molar-refractivity contribution >= 4 is 11.9 Å². The van der Waals surface area contributed by atoms with Crippen LogP contribution in [0.15, 0.2) is 133 Å². The Balaban J connectivity index is 1.20. The minimum atomic E-state index is -0.968. The third kappa shape index (κ3) is 9.73. The fourth-order valence-electron chi connectivity index (χ4n) is 4.67. The minimum absolute atomic E-state index is 0.0707. The van der Waals surface area contributed by atoms with Crippen LogP contribution < -0.4 is 14.2 Å². The van der Waals surface area contributed by atoms with Crippen LogP contribution in [0.4, 0.5) is 0 Å². The van der Waals surface area contributed by atoms with Gasteiger partial charge in [0, 0.05) is 18.7 Å². The van der Waals surface area contributed by atoms with Crippen molar-refractivity contribution < 1.29 is 28.9 Å². The highest BCUT2D eigenvalue weighted by molar-refractivity contribution is 5.94. The van der Waals surface area contributed by atoms with Crippen LogP contribution in [0.25, 0.3) is 0 Å². The molecule has 0 aromatic heterocycles. The second-order valence-corrected chi connectivity index (χ2v) is 10.5. The molecule has 0 fully saturated rings. The molecule has 0 atom stereocenters. The molecule has 0 unspecified atom stereocenters. The molecule has 0 aliphatic heterocycles. The monoisotopic (exact) mass is 601 g/mol. The van der Waals surface area contributed by atoms with Gasteiger partial charge in [-0.3, -0.25) is 9.59 Å². The van der Waals surface area contributed by atoms with Gasteiger partial charge in [0.05, 0.1) is 6.42 Å². The van der Waals surface area contributed by atoms with E-state index in [-0.39, 0.29) is 25.4 Å². The number of carbonyl (C=O) groups excluding carboxylic acids is 1. The Bertz CT molecular complexity index is 1670. The maximum Gasteiger partial charge on any atom is 0.305 e. The van der Waals surface area contributed by atoms with Crippen molar-refractivity contribution in [2.45, 2.75) is 32.8 Å². The first kappa shape index (κ1) is 30.9. The van der Waals surface area contributed by atoms with Crippen molar-refractivity contribution in [2.75, 3.05) is 6.54 Å². The molecule has 7 nitrogen and oxygen atoms in total. The number of benzene rings is 5. The summed E-state index contributed by atoms with van der Waals surface area (Å²) in [5, 5.41) is 9.32. The molecule has 45 heavy (non-hydrogen) atoms. The Hall–Kier alpha value is -5.56. The Labute approximate surface area is 263 Å². The molecule has 5 aromatic rings. The van der Waals surface area contributed by atoms with Gasteiger partial charge in [0.2, 0.25) is 0 Å². The predicted molar refractivity (Wildman–Crippen MR) is 172 cm³/mol. The molecular formula is C38H35NO6. The number of nitrogens with zero attached hydrogens (tertiary/aromatic N) is 1. The summed E-state index contributed by atoms with van der Waals surface area (Å²) in [5.74, 6) is 0.749. The highest BCUT2D eigenvalue weighted by Crippen LogP contribution is 2.21. The summed E-state index contributed by atoms with van der Waals surface area (Å²) in [5.41, 5.74) is 4.36. The topological polar surface area (TPSA) is 85.3 Å². The second-order valence-electron chi connectivity index (χ2n) is 10.5. The molecule has 1 amide bonds. The van der Waals surface area contributed by atoms with E-state index >= 15 is 0 Å². The van der Waals surface area contributed by atoms with Gasteiger partial charge in [-0.2, -0.15) is 0 Å². The average Bonchev–Trinajstić information content (AvgIpc) is 3.09. The summed E-state index contributed by atoms with van der Waals surface area (Å²) < 4.78 is 17.8. The van der Waals surface area contributed by atoms with E-state index in [9.17, 15) is 14.7 Å². The summed E-state index contributed by atoms with van der Waals surface area (Å²) in [7, 11) is 0. The van der Waals surface area contributed by atoms with E-state index < -0.39 is 5.97 Å². The normalized spacial score (nSPS) is 10.6. The van der Waals surface area contributed by atoms with E-state index in [1.54, 1.807) is 29.2 Å². The molecule has 0 saturated heterocycles. The van der Waals surface area contributed by atoms with E-state index in [0.717, 1.165) is 28.0 Å². The third-order valence-electron chi connectivity index (χ3n) is 7.06. The number of rotatable bonds is 15. The Morgan fingerprint density at radius 2 is 1.07 bits per heavy atom. The van der Waals surface area contributed by atoms with Gasteiger partial charge in [-0.25, -0.2) is 0 Å². The fourth-order valence-corrected chi connectivity index (χ4v) is 4.67. The van der Waals surface area contributed by atoms with Crippen molar-refractivity contribution in [1.82, 2.24) is 4.90 Å². The molecular weight excluding hydrogens is 566 g/mol. The van der Waals surface area contributed by atoms with Crippen LogP contribution in [0.5, 0.6) is 17.2 Å². The molecule has 0 bridgehead atoms. The van der Waals surface area contributed by atoms with E-state index in [0.29, 0.717) is 36.9 Å². The van der Waals surface area contributed by atoms with Crippen LogP contribution in [-0.2, 0) is 31.2 Å². The van der Waals surface area contributed by atoms with Crippen LogP contribution in [0.3, 0.4) is 0 Å². The lowest BCUT2D eigenvalue weighted by molar-refractivity contribution is -0.137. The second kappa shape index (κ2) is 15.8. The summed E-state index contributed by atoms with van der Waals surface area (Å²) in [6.07, 6.45) is -0.164. The molecule has 0 aliphatic carbocycles. The van der Waals surface area contributed by atoms with Crippen LogP contribution in [-0.4, -0.2) is 28.4 Å². The zero-order valence-electron chi connectivity index (χ0n) is 24.9. The Kier molecular flexibility index (Phi) is 10.8. The zero-order chi connectivity index (χ0) is 31.3. The smallest absolute Gasteiger partial charge is 0.305 e. The molecule has 0 radical (unpaired) electrons. The van der Waals surface area contributed by atoms with Gasteiger partial charge in [0.15, 0.2) is 0 Å². The summed E-state index contributed by atoms with van der Waals surface area (Å²) in [6.45, 7) is 1.55. The molecule has 7 heteroatoms. The lowest BCUT2D eigenvalue weighted by Crippen LogP contribution is -2.32. The number of aliphatic carboxylic acids is 1. The molecule has 0 saturated carbocycles. The molecule has 5 rings (SSSR count). The number of ether oxygens (including phenoxy) is 3. The largest absolute Gasteiger partial charge is 0.489 e. The average molecular weight is 602 g/mol. The molecule has 0 aliphatic rings. The Morgan fingerprint density at radius 1 is 0.533 bits per heavy atom. The fraction of sp³-hybridized carbons (Fsp3) is 0.158. The third-order valence-corrected chi connectivity index (χ3v) is 7.06. The minimum Gasteiger partial charge on any atom is -0.489 e. The van der Waals surface area contributed by atoms with Crippen molar-refractivity contribution in [3.63, 3.8) is 0 Å². The summed E-state index contributed by atoms with van der Waals surface area (Å²) >= 11 is 0. The molecule has 1 N–H and O–H groups in total. The van der Waals surface area contributed by atoms with Gasteiger partial charge in [0.25, 0.3) is 5.91 Å². The van der Waals surface area contributed by atoms with Gasteiger partial charge in [-0.05, 0) is 64.7 Å². The quantitative estimate of drug-likeness (QED) is 0.133. The highest BCUT2D eigenvalue weighted by Gasteiger charge is 2.18. The molecule has 0 heterocycles. The van der Waals surface area contributed by atoms with Crippen LogP contribution in [0.1, 0.15) is 39.0 Å². The van der Waals surface area contributed by atoms with E-state index in [2.05, 4.69) is 0 Å². The van der Waals surface area contributed by atoms with E-state index in [1.165, 1.54) is 0 Å². The zero-order valence-corrected chi connectivity index (χ0v) is 24.9. The standard InChI is InChI=1S/C38H35NO6/c40-37(41)21-22-39(25-29-17-19-34(20-18-29)43-26-30-9-3-1-4-10-30)38(42)33-14-8-16-36(24-33)45-28-32-13-7-15-35(23-32)44-27-31-11-5-2-6-12-31/h1-20,23-24H,21-22,25-28H2,(H,40,41). The summed E-state index contributed by atoms with van der Waals surface area (Å²) in [4.78, 5) is 26.5. The van der Waals surface area contributed by atoms with Crippen molar-refractivity contribution in [1.29, 1.82) is 0 Å². The molecule has 0 spiro atoms. The number of hydrogen-bond donors (Lipinski definition) is 1.